The average molecular weight is 476 g/mol. The Kier molecular flexibility index (Phi) is 6.90. The van der Waals surface area contributed by atoms with Crippen LogP contribution in [0.3, 0.4) is 0 Å². The largest absolute Gasteiger partial charge is 0.390 e. The van der Waals surface area contributed by atoms with Gasteiger partial charge in [0.25, 0.3) is 11.5 Å². The van der Waals surface area contributed by atoms with Gasteiger partial charge in [0.15, 0.2) is 0 Å². The molecule has 0 aromatic carbocycles. The molecular formula is C21H28F3N3O4S. The van der Waals surface area contributed by atoms with Gasteiger partial charge >= 0.3 is 11.9 Å². The molecule has 178 valence electrons. The number of nitrogens with zero attached hydrogens (tertiary/aromatic N) is 3. The Labute approximate surface area is 187 Å². The highest BCUT2D eigenvalue weighted by atomic mass is 32.1. The number of amides is 1. The number of fused-ring (bicyclic) bond motifs is 1. The first-order valence-corrected chi connectivity index (χ1v) is 11.6. The predicted octanol–water partition coefficient (Wildman–Crippen LogP) is 3.14. The first-order valence-electron chi connectivity index (χ1n) is 10.8. The SMILES string of the molecule is CCc1c(C(=O)N2CCC(O)(CC)CC2)sc2c1c(=O)n(CC)c(=O)n2CCC(F)(F)F. The fourth-order valence-electron chi connectivity index (χ4n) is 4.16. The summed E-state index contributed by atoms with van der Waals surface area (Å²) >= 11 is 0.909. The quantitative estimate of drug-likeness (QED) is 0.696. The number of alkyl halides is 3. The molecular weight excluding hydrogens is 447 g/mol. The molecule has 11 heteroatoms. The number of rotatable bonds is 6. The molecule has 1 aliphatic rings. The van der Waals surface area contributed by atoms with E-state index >= 15 is 0 Å². The Balaban J connectivity index is 2.13. The summed E-state index contributed by atoms with van der Waals surface area (Å²) in [4.78, 5) is 41.1. The molecule has 1 N–H and O–H groups in total. The Morgan fingerprint density at radius 3 is 2.25 bits per heavy atom. The number of aryl methyl sites for hydroxylation is 2. The van der Waals surface area contributed by atoms with Crippen molar-refractivity contribution < 1.29 is 23.1 Å². The maximum Gasteiger partial charge on any atom is 0.390 e. The molecule has 1 amide bonds. The number of likely N-dealkylation sites (tertiary alicyclic amines) is 1. The van der Waals surface area contributed by atoms with Gasteiger partial charge in [-0.1, -0.05) is 13.8 Å². The highest BCUT2D eigenvalue weighted by Crippen LogP contribution is 2.33. The lowest BCUT2D eigenvalue weighted by Gasteiger charge is -2.37. The predicted molar refractivity (Wildman–Crippen MR) is 116 cm³/mol. The topological polar surface area (TPSA) is 84.5 Å². The Hall–Kier alpha value is -2.14. The monoisotopic (exact) mass is 475 g/mol. The van der Waals surface area contributed by atoms with Crippen molar-refractivity contribution in [1.82, 2.24) is 14.0 Å². The van der Waals surface area contributed by atoms with E-state index in [0.29, 0.717) is 44.3 Å². The first-order chi connectivity index (χ1) is 15.0. The number of halogens is 3. The van der Waals surface area contributed by atoms with Crippen LogP contribution in [-0.2, 0) is 19.5 Å². The van der Waals surface area contributed by atoms with Gasteiger partial charge in [-0.2, -0.15) is 13.2 Å². The van der Waals surface area contributed by atoms with E-state index < -0.39 is 36.0 Å². The number of hydrogen-bond donors (Lipinski definition) is 1. The van der Waals surface area contributed by atoms with Crippen LogP contribution >= 0.6 is 11.3 Å². The highest BCUT2D eigenvalue weighted by Gasteiger charge is 2.35. The fraction of sp³-hybridized carbons (Fsp3) is 0.667. The fourth-order valence-corrected chi connectivity index (χ4v) is 5.54. The van der Waals surface area contributed by atoms with E-state index in [4.69, 9.17) is 0 Å². The van der Waals surface area contributed by atoms with Crippen molar-refractivity contribution in [1.29, 1.82) is 0 Å². The molecule has 3 rings (SSSR count). The number of piperidine rings is 1. The van der Waals surface area contributed by atoms with Gasteiger partial charge in [0.1, 0.15) is 4.83 Å². The van der Waals surface area contributed by atoms with E-state index in [1.54, 1.807) is 18.7 Å². The van der Waals surface area contributed by atoms with E-state index in [1.807, 2.05) is 6.92 Å². The third-order valence-corrected chi connectivity index (χ3v) is 7.52. The summed E-state index contributed by atoms with van der Waals surface area (Å²) in [5.41, 5.74) is -1.73. The van der Waals surface area contributed by atoms with Crippen LogP contribution in [0.2, 0.25) is 0 Å². The van der Waals surface area contributed by atoms with Crippen molar-refractivity contribution in [2.24, 2.45) is 0 Å². The molecule has 1 saturated heterocycles. The van der Waals surface area contributed by atoms with Crippen LogP contribution in [0.25, 0.3) is 10.2 Å². The number of thiophene rings is 1. The molecule has 1 aliphatic heterocycles. The van der Waals surface area contributed by atoms with Crippen molar-refractivity contribution in [2.45, 2.75) is 77.7 Å². The second-order valence-electron chi connectivity index (χ2n) is 8.16. The lowest BCUT2D eigenvalue weighted by Crippen LogP contribution is -2.46. The van der Waals surface area contributed by atoms with E-state index in [9.17, 15) is 32.7 Å². The lowest BCUT2D eigenvalue weighted by molar-refractivity contribution is -0.136. The van der Waals surface area contributed by atoms with Crippen molar-refractivity contribution in [2.75, 3.05) is 13.1 Å². The van der Waals surface area contributed by atoms with Crippen LogP contribution in [0.4, 0.5) is 13.2 Å². The maximum atomic E-state index is 13.3. The molecule has 3 heterocycles. The molecule has 0 aliphatic carbocycles. The summed E-state index contributed by atoms with van der Waals surface area (Å²) in [6.07, 6.45) is -3.91. The maximum absolute atomic E-state index is 13.3. The zero-order valence-electron chi connectivity index (χ0n) is 18.4. The van der Waals surface area contributed by atoms with Crippen LogP contribution in [0.5, 0.6) is 0 Å². The van der Waals surface area contributed by atoms with Gasteiger partial charge in [-0.15, -0.1) is 11.3 Å². The number of carbonyl (C=O) groups is 1. The number of aromatic nitrogens is 2. The first kappa shape index (κ1) is 24.5. The Morgan fingerprint density at radius 1 is 1.12 bits per heavy atom. The number of hydrogen-bond acceptors (Lipinski definition) is 5. The van der Waals surface area contributed by atoms with Gasteiger partial charge in [0, 0.05) is 26.2 Å². The average Bonchev–Trinajstić information content (AvgIpc) is 3.13. The molecule has 0 spiro atoms. The van der Waals surface area contributed by atoms with Gasteiger partial charge in [-0.25, -0.2) is 4.79 Å². The molecule has 32 heavy (non-hydrogen) atoms. The van der Waals surface area contributed by atoms with Gasteiger partial charge in [-0.3, -0.25) is 18.7 Å². The molecule has 0 unspecified atom stereocenters. The standard InChI is InChI=1S/C21H28F3N3O4S/c1-4-13-14-16(28)26(6-3)19(30)27(12-9-21(22,23)24)18(14)32-15(13)17(29)25-10-7-20(31,5-2)8-11-25/h31H,4-12H2,1-3H3. The zero-order valence-corrected chi connectivity index (χ0v) is 19.2. The molecule has 0 saturated carbocycles. The molecule has 2 aromatic rings. The Morgan fingerprint density at radius 2 is 1.75 bits per heavy atom. The third-order valence-electron chi connectivity index (χ3n) is 6.28. The van der Waals surface area contributed by atoms with E-state index in [2.05, 4.69) is 0 Å². The van der Waals surface area contributed by atoms with Crippen LogP contribution in [0.15, 0.2) is 9.59 Å². The van der Waals surface area contributed by atoms with Gasteiger partial charge in [0.05, 0.1) is 22.3 Å². The summed E-state index contributed by atoms with van der Waals surface area (Å²) in [5, 5.41) is 10.6. The summed E-state index contributed by atoms with van der Waals surface area (Å²) in [5.74, 6) is -0.321. The molecule has 0 radical (unpaired) electrons. The molecule has 1 fully saturated rings. The number of aliphatic hydroxyl groups is 1. The van der Waals surface area contributed by atoms with Crippen LogP contribution in [0.1, 0.15) is 61.7 Å². The highest BCUT2D eigenvalue weighted by molar-refractivity contribution is 7.20. The van der Waals surface area contributed by atoms with E-state index in [0.717, 1.165) is 20.5 Å². The minimum Gasteiger partial charge on any atom is -0.390 e. The minimum absolute atomic E-state index is 0.0175. The van der Waals surface area contributed by atoms with Crippen LogP contribution < -0.4 is 11.2 Å². The second-order valence-corrected chi connectivity index (χ2v) is 9.16. The van der Waals surface area contributed by atoms with E-state index in [-0.39, 0.29) is 27.5 Å². The van der Waals surface area contributed by atoms with Crippen molar-refractivity contribution in [3.63, 3.8) is 0 Å². The third kappa shape index (κ3) is 4.50. The molecule has 0 bridgehead atoms. The van der Waals surface area contributed by atoms with Crippen molar-refractivity contribution in [3.05, 3.63) is 31.3 Å². The summed E-state index contributed by atoms with van der Waals surface area (Å²) in [6, 6.07) is 0. The van der Waals surface area contributed by atoms with Gasteiger partial charge in [-0.05, 0) is 38.2 Å². The van der Waals surface area contributed by atoms with Gasteiger partial charge in [0.2, 0.25) is 0 Å². The number of carbonyl (C=O) groups excluding carboxylic acids is 1. The minimum atomic E-state index is -4.47. The Bertz CT molecular complexity index is 1120. The zero-order chi connectivity index (χ0) is 23.8. The second kappa shape index (κ2) is 9.01. The van der Waals surface area contributed by atoms with E-state index in [1.165, 1.54) is 0 Å². The molecule has 7 nitrogen and oxygen atoms in total. The van der Waals surface area contributed by atoms with Crippen molar-refractivity contribution in [3.8, 4) is 0 Å². The summed E-state index contributed by atoms with van der Waals surface area (Å²) < 4.78 is 40.6. The lowest BCUT2D eigenvalue weighted by atomic mass is 9.89. The molecule has 2 aromatic heterocycles. The van der Waals surface area contributed by atoms with Crippen LogP contribution in [0, 0.1) is 0 Å². The summed E-state index contributed by atoms with van der Waals surface area (Å²) in [7, 11) is 0. The smallest absolute Gasteiger partial charge is 0.390 e. The van der Waals surface area contributed by atoms with Crippen LogP contribution in [-0.4, -0.2) is 49.9 Å². The molecule has 0 atom stereocenters. The normalized spacial score (nSPS) is 16.7. The summed E-state index contributed by atoms with van der Waals surface area (Å²) in [6.45, 7) is 5.33. The van der Waals surface area contributed by atoms with Crippen molar-refractivity contribution >= 4 is 27.5 Å². The van der Waals surface area contributed by atoms with Gasteiger partial charge < -0.3 is 10.0 Å².